The van der Waals surface area contributed by atoms with Crippen molar-refractivity contribution in [1.29, 1.82) is 0 Å². The predicted molar refractivity (Wildman–Crippen MR) is 204 cm³/mol. The molecule has 0 spiro atoms. The number of aromatic nitrogens is 2. The second-order valence-corrected chi connectivity index (χ2v) is 15.5. The van der Waals surface area contributed by atoms with E-state index in [-0.39, 0.29) is 30.1 Å². The molecular weight excluding hydrogens is 661 g/mol. The van der Waals surface area contributed by atoms with Crippen molar-refractivity contribution < 1.29 is 24.2 Å². The van der Waals surface area contributed by atoms with E-state index in [2.05, 4.69) is 48.3 Å². The number of hydrogen-bond acceptors (Lipinski definition) is 7. The Morgan fingerprint density at radius 3 is 2.04 bits per heavy atom. The number of carboxylic acids is 1. The summed E-state index contributed by atoms with van der Waals surface area (Å²) in [5, 5.41) is 15.3. The Morgan fingerprint density at radius 1 is 0.804 bits per heavy atom. The summed E-state index contributed by atoms with van der Waals surface area (Å²) in [6, 6.07) is 17.1. The number of carboxylic acid groups (broad SMARTS) is 1. The summed E-state index contributed by atoms with van der Waals surface area (Å²) in [6.07, 6.45) is 10.0. The molecule has 4 aromatic rings. The van der Waals surface area contributed by atoms with E-state index >= 15 is 0 Å². The van der Waals surface area contributed by atoms with Gasteiger partial charge in [0.05, 0.1) is 11.5 Å². The summed E-state index contributed by atoms with van der Waals surface area (Å²) in [6.45, 7) is 13.0. The molecule has 9 nitrogen and oxygen atoms in total. The lowest BCUT2D eigenvalue weighted by Crippen LogP contribution is -2.52. The van der Waals surface area contributed by atoms with Crippen molar-refractivity contribution in [2.24, 2.45) is 5.92 Å². The molecule has 3 N–H and O–H groups in total. The molecule has 4 rings (SSSR count). The number of aliphatic carboxylic acids is 1. The van der Waals surface area contributed by atoms with Gasteiger partial charge in [-0.1, -0.05) is 104 Å². The number of ether oxygens (including phenoxy) is 1. The fourth-order valence-electron chi connectivity index (χ4n) is 5.56. The Balaban J connectivity index is 1.43. The summed E-state index contributed by atoms with van der Waals surface area (Å²) in [5.74, 6) is -0.573. The molecular formula is C41H52N4O5S. The molecule has 2 aromatic carbocycles. The minimum atomic E-state index is -1.11. The van der Waals surface area contributed by atoms with Gasteiger partial charge in [-0.2, -0.15) is 0 Å². The van der Waals surface area contributed by atoms with Gasteiger partial charge in [0.1, 0.15) is 17.8 Å². The fourth-order valence-corrected chi connectivity index (χ4v) is 6.52. The van der Waals surface area contributed by atoms with Gasteiger partial charge < -0.3 is 20.5 Å². The quantitative estimate of drug-likeness (QED) is 0.0883. The first kappa shape index (κ1) is 39.2. The van der Waals surface area contributed by atoms with Gasteiger partial charge >= 0.3 is 5.97 Å². The average Bonchev–Trinajstić information content (AvgIpc) is 3.62. The highest BCUT2D eigenvalue weighted by Crippen LogP contribution is 2.30. The number of benzene rings is 2. The van der Waals surface area contributed by atoms with Crippen LogP contribution < -0.4 is 15.4 Å². The van der Waals surface area contributed by atoms with Gasteiger partial charge in [-0.15, -0.1) is 11.3 Å². The Labute approximate surface area is 306 Å². The van der Waals surface area contributed by atoms with Crippen LogP contribution in [0.2, 0.25) is 0 Å². The first-order chi connectivity index (χ1) is 24.3. The van der Waals surface area contributed by atoms with E-state index in [0.29, 0.717) is 10.7 Å². The van der Waals surface area contributed by atoms with E-state index in [4.69, 9.17) is 4.74 Å². The SMILES string of the molecule is CCCCCCCOc1ccc(-c2cnc(-c3ccc(CC(NC(=O)c4ccc(C(C)(C)C)s4)C(=O)NC(CC(C)C)C(=O)O)cc3)nc2)cc1. The Kier molecular flexibility index (Phi) is 14.3. The molecule has 272 valence electrons. The molecule has 0 aliphatic rings. The van der Waals surface area contributed by atoms with Crippen molar-refractivity contribution in [2.75, 3.05) is 6.61 Å². The van der Waals surface area contributed by atoms with Gasteiger partial charge in [-0.25, -0.2) is 14.8 Å². The van der Waals surface area contributed by atoms with Crippen LogP contribution in [0.25, 0.3) is 22.5 Å². The van der Waals surface area contributed by atoms with Crippen molar-refractivity contribution in [3.63, 3.8) is 0 Å². The van der Waals surface area contributed by atoms with Crippen LogP contribution in [0.3, 0.4) is 0 Å². The fraction of sp³-hybridized carbons (Fsp3) is 0.439. The Morgan fingerprint density at radius 2 is 1.45 bits per heavy atom. The lowest BCUT2D eigenvalue weighted by atomic mass is 9.95. The van der Waals surface area contributed by atoms with Gasteiger partial charge in [-0.3, -0.25) is 9.59 Å². The zero-order chi connectivity index (χ0) is 37.0. The third kappa shape index (κ3) is 12.0. The topological polar surface area (TPSA) is 131 Å². The number of carbonyl (C=O) groups excluding carboxylic acids is 2. The van der Waals surface area contributed by atoms with Gasteiger partial charge in [0.25, 0.3) is 5.91 Å². The first-order valence-electron chi connectivity index (χ1n) is 17.9. The number of unbranched alkanes of at least 4 members (excludes halogenated alkanes) is 4. The summed E-state index contributed by atoms with van der Waals surface area (Å²) >= 11 is 1.38. The van der Waals surface area contributed by atoms with Crippen molar-refractivity contribution in [1.82, 2.24) is 20.6 Å². The number of hydrogen-bond donors (Lipinski definition) is 3. The summed E-state index contributed by atoms with van der Waals surface area (Å²) in [7, 11) is 0. The van der Waals surface area contributed by atoms with E-state index in [0.717, 1.165) is 45.9 Å². The van der Waals surface area contributed by atoms with Crippen LogP contribution in [0.15, 0.2) is 73.1 Å². The highest BCUT2D eigenvalue weighted by molar-refractivity contribution is 7.14. The molecule has 2 amide bonds. The molecule has 0 radical (unpaired) electrons. The van der Waals surface area contributed by atoms with Gasteiger partial charge in [0, 0.05) is 34.8 Å². The number of carbonyl (C=O) groups is 3. The minimum Gasteiger partial charge on any atom is -0.494 e. The molecule has 2 unspecified atom stereocenters. The molecule has 0 aliphatic heterocycles. The van der Waals surface area contributed by atoms with Crippen LogP contribution in [0.4, 0.5) is 0 Å². The highest BCUT2D eigenvalue weighted by Gasteiger charge is 2.28. The molecule has 2 heterocycles. The zero-order valence-electron chi connectivity index (χ0n) is 30.7. The van der Waals surface area contributed by atoms with E-state index in [9.17, 15) is 19.5 Å². The normalized spacial score (nSPS) is 12.7. The molecule has 2 atom stereocenters. The monoisotopic (exact) mass is 712 g/mol. The maximum Gasteiger partial charge on any atom is 0.326 e. The van der Waals surface area contributed by atoms with Crippen LogP contribution in [-0.2, 0) is 21.4 Å². The third-order valence-electron chi connectivity index (χ3n) is 8.52. The molecule has 10 heteroatoms. The van der Waals surface area contributed by atoms with Crippen LogP contribution in [0, 0.1) is 5.92 Å². The van der Waals surface area contributed by atoms with Crippen molar-refractivity contribution in [3.8, 4) is 28.3 Å². The Hall–Kier alpha value is -4.57. The number of rotatable bonds is 18. The molecule has 0 saturated heterocycles. The number of nitrogens with zero attached hydrogens (tertiary/aromatic N) is 2. The zero-order valence-corrected chi connectivity index (χ0v) is 31.5. The molecule has 0 fully saturated rings. The predicted octanol–water partition coefficient (Wildman–Crippen LogP) is 8.48. The number of nitrogens with one attached hydrogen (secondary N) is 2. The molecule has 51 heavy (non-hydrogen) atoms. The third-order valence-corrected chi connectivity index (χ3v) is 10.0. The second kappa shape index (κ2) is 18.6. The van der Waals surface area contributed by atoms with Gasteiger partial charge in [0.15, 0.2) is 5.82 Å². The van der Waals surface area contributed by atoms with E-state index in [1.165, 1.54) is 37.0 Å². The van der Waals surface area contributed by atoms with E-state index in [1.807, 2.05) is 68.4 Å². The minimum absolute atomic E-state index is 0.0556. The van der Waals surface area contributed by atoms with E-state index < -0.39 is 24.0 Å². The van der Waals surface area contributed by atoms with E-state index in [1.54, 1.807) is 18.5 Å². The van der Waals surface area contributed by atoms with Crippen LogP contribution >= 0.6 is 11.3 Å². The Bertz CT molecular complexity index is 1710. The molecule has 0 bridgehead atoms. The maximum atomic E-state index is 13.5. The lowest BCUT2D eigenvalue weighted by Gasteiger charge is -2.22. The number of amides is 2. The second-order valence-electron chi connectivity index (χ2n) is 14.5. The smallest absolute Gasteiger partial charge is 0.326 e. The molecule has 0 saturated carbocycles. The summed E-state index contributed by atoms with van der Waals surface area (Å²) in [4.78, 5) is 49.5. The largest absolute Gasteiger partial charge is 0.494 e. The summed E-state index contributed by atoms with van der Waals surface area (Å²) < 4.78 is 5.89. The van der Waals surface area contributed by atoms with Gasteiger partial charge in [0.2, 0.25) is 5.91 Å². The number of thiophene rings is 1. The van der Waals surface area contributed by atoms with Crippen molar-refractivity contribution >= 4 is 29.1 Å². The molecule has 2 aromatic heterocycles. The van der Waals surface area contributed by atoms with Crippen molar-refractivity contribution in [2.45, 2.75) is 104 Å². The van der Waals surface area contributed by atoms with Crippen LogP contribution in [0.1, 0.15) is 100 Å². The first-order valence-corrected chi connectivity index (χ1v) is 18.7. The lowest BCUT2D eigenvalue weighted by molar-refractivity contribution is -0.142. The van der Waals surface area contributed by atoms with Crippen molar-refractivity contribution in [3.05, 3.63) is 88.4 Å². The van der Waals surface area contributed by atoms with Crippen LogP contribution in [0.5, 0.6) is 5.75 Å². The molecule has 0 aliphatic carbocycles. The average molecular weight is 713 g/mol. The standard InChI is InChI=1S/C41H52N4O5S/c1-7-8-9-10-11-22-50-32-18-16-29(17-19-32)31-25-42-37(43-26-31)30-14-12-28(13-15-30)24-33(38(46)45-34(40(48)49)23-27(2)3)44-39(47)35-20-21-36(51-35)41(4,5)6/h12-21,25-27,33-34H,7-11,22-24H2,1-6H3,(H,44,47)(H,45,46)(H,48,49). The van der Waals surface area contributed by atoms with Crippen LogP contribution in [-0.4, -0.2) is 51.5 Å². The highest BCUT2D eigenvalue weighted by atomic mass is 32.1. The van der Waals surface area contributed by atoms with Gasteiger partial charge in [-0.05, 0) is 59.6 Å². The summed E-state index contributed by atoms with van der Waals surface area (Å²) in [5.41, 5.74) is 3.36. The maximum absolute atomic E-state index is 13.5.